The number of carbonyl (C=O) groups is 3. The predicted octanol–water partition coefficient (Wildman–Crippen LogP) is 0.622. The van der Waals surface area contributed by atoms with Crippen molar-refractivity contribution in [2.24, 2.45) is 5.92 Å². The molecule has 1 rings (SSSR count). The van der Waals surface area contributed by atoms with Gasteiger partial charge < -0.3 is 15.5 Å². The van der Waals surface area contributed by atoms with Crippen molar-refractivity contribution in [2.75, 3.05) is 19.8 Å². The number of nitrogens with one attached hydrogen (secondary N) is 2. The lowest BCUT2D eigenvalue weighted by Crippen LogP contribution is -2.43. The number of hydrogen-bond acceptors (Lipinski definition) is 6. The highest BCUT2D eigenvalue weighted by molar-refractivity contribution is 5.91. The lowest BCUT2D eigenvalue weighted by atomic mass is 10.0. The quantitative estimate of drug-likeness (QED) is 0.125. The average molecular weight is 355 g/mol. The maximum absolute atomic E-state index is 12.2. The maximum Gasteiger partial charge on any atom is 0.291 e. The molecule has 0 aromatic heterocycles. The molecule has 25 heavy (non-hydrogen) atoms. The SMILES string of the molecule is CCCCC[C@H](CN(O)C=O)C(=O)NCNC(=O)C1=CC=CCOO1. The van der Waals surface area contributed by atoms with E-state index in [-0.39, 0.29) is 37.9 Å². The van der Waals surface area contributed by atoms with Crippen LogP contribution >= 0.6 is 0 Å². The van der Waals surface area contributed by atoms with Gasteiger partial charge in [0.05, 0.1) is 19.1 Å². The standard InChI is InChI=1S/C16H25N3O6/c1-2-3-4-7-13(10-19(23)12-20)15(21)17-11-18-16(22)14-8-5-6-9-24-25-14/h5-6,8,12-13,23H,2-4,7,9-11H2,1H3,(H,17,21)(H,18,22)/t13-/m1/s1. The summed E-state index contributed by atoms with van der Waals surface area (Å²) in [6, 6.07) is 0. The molecule has 0 aromatic rings. The zero-order valence-electron chi connectivity index (χ0n) is 14.3. The first-order valence-electron chi connectivity index (χ1n) is 8.21. The van der Waals surface area contributed by atoms with Crippen LogP contribution in [0.5, 0.6) is 0 Å². The van der Waals surface area contributed by atoms with Crippen LogP contribution < -0.4 is 10.6 Å². The summed E-state index contributed by atoms with van der Waals surface area (Å²) in [6.07, 6.45) is 8.29. The molecule has 0 aliphatic carbocycles. The zero-order chi connectivity index (χ0) is 18.5. The third-order valence-electron chi connectivity index (χ3n) is 3.49. The normalized spacial score (nSPS) is 14.6. The highest BCUT2D eigenvalue weighted by Crippen LogP contribution is 2.11. The summed E-state index contributed by atoms with van der Waals surface area (Å²) >= 11 is 0. The first-order valence-corrected chi connectivity index (χ1v) is 8.21. The second-order valence-corrected chi connectivity index (χ2v) is 5.47. The molecule has 0 saturated heterocycles. The molecule has 0 saturated carbocycles. The summed E-state index contributed by atoms with van der Waals surface area (Å²) in [5, 5.41) is 14.8. The molecule has 0 bridgehead atoms. The van der Waals surface area contributed by atoms with Crippen LogP contribution in [0.25, 0.3) is 0 Å². The van der Waals surface area contributed by atoms with E-state index in [9.17, 15) is 19.6 Å². The Balaban J connectivity index is 2.43. The van der Waals surface area contributed by atoms with Crippen molar-refractivity contribution in [3.63, 3.8) is 0 Å². The summed E-state index contributed by atoms with van der Waals surface area (Å²) < 4.78 is 0. The minimum Gasteiger partial charge on any atom is -0.338 e. The summed E-state index contributed by atoms with van der Waals surface area (Å²) in [6.45, 7) is 2.06. The maximum atomic E-state index is 12.2. The van der Waals surface area contributed by atoms with E-state index in [0.717, 1.165) is 19.3 Å². The van der Waals surface area contributed by atoms with Gasteiger partial charge in [0.25, 0.3) is 5.91 Å². The van der Waals surface area contributed by atoms with Crippen molar-refractivity contribution in [1.82, 2.24) is 15.7 Å². The van der Waals surface area contributed by atoms with Crippen LogP contribution in [0, 0.1) is 5.92 Å². The van der Waals surface area contributed by atoms with E-state index >= 15 is 0 Å². The molecule has 140 valence electrons. The smallest absolute Gasteiger partial charge is 0.291 e. The minimum atomic E-state index is -0.557. The fraction of sp³-hybridized carbons (Fsp3) is 0.562. The summed E-state index contributed by atoms with van der Waals surface area (Å²) in [4.78, 5) is 44.2. The number of carbonyl (C=O) groups excluding carboxylic acids is 3. The van der Waals surface area contributed by atoms with Crippen LogP contribution in [0.1, 0.15) is 32.6 Å². The monoisotopic (exact) mass is 355 g/mol. The van der Waals surface area contributed by atoms with Gasteiger partial charge in [0.1, 0.15) is 6.61 Å². The number of unbranched alkanes of at least 4 members (excludes halogenated alkanes) is 2. The molecular formula is C16H25N3O6. The second-order valence-electron chi connectivity index (χ2n) is 5.47. The molecule has 9 nitrogen and oxygen atoms in total. The molecular weight excluding hydrogens is 330 g/mol. The zero-order valence-corrected chi connectivity index (χ0v) is 14.3. The number of nitrogens with zero attached hydrogens (tertiary/aromatic N) is 1. The molecule has 0 unspecified atom stereocenters. The molecule has 1 aliphatic heterocycles. The molecule has 0 aromatic carbocycles. The van der Waals surface area contributed by atoms with Gasteiger partial charge in [-0.05, 0) is 12.5 Å². The molecule has 1 atom stereocenters. The third kappa shape index (κ3) is 8.32. The van der Waals surface area contributed by atoms with Gasteiger partial charge in [0.2, 0.25) is 18.1 Å². The summed E-state index contributed by atoms with van der Waals surface area (Å²) in [5.74, 6) is -1.47. The van der Waals surface area contributed by atoms with Crippen LogP contribution in [0.3, 0.4) is 0 Å². The van der Waals surface area contributed by atoms with E-state index in [2.05, 4.69) is 10.6 Å². The second kappa shape index (κ2) is 12.0. The van der Waals surface area contributed by atoms with E-state index < -0.39 is 11.8 Å². The number of hydroxylamine groups is 2. The lowest BCUT2D eigenvalue weighted by Gasteiger charge is -2.19. The van der Waals surface area contributed by atoms with E-state index in [1.165, 1.54) is 6.08 Å². The Morgan fingerprint density at radius 3 is 2.92 bits per heavy atom. The molecule has 1 heterocycles. The molecule has 0 spiro atoms. The van der Waals surface area contributed by atoms with Crippen molar-refractivity contribution < 1.29 is 29.4 Å². The number of rotatable bonds is 11. The van der Waals surface area contributed by atoms with Crippen molar-refractivity contribution >= 4 is 18.2 Å². The fourth-order valence-corrected chi connectivity index (χ4v) is 2.15. The fourth-order valence-electron chi connectivity index (χ4n) is 2.15. The van der Waals surface area contributed by atoms with Gasteiger partial charge >= 0.3 is 0 Å². The van der Waals surface area contributed by atoms with Crippen LogP contribution in [-0.2, 0) is 24.2 Å². The van der Waals surface area contributed by atoms with Gasteiger partial charge in [0, 0.05) is 0 Å². The molecule has 0 radical (unpaired) electrons. The van der Waals surface area contributed by atoms with Crippen molar-refractivity contribution in [3.8, 4) is 0 Å². The lowest BCUT2D eigenvalue weighted by molar-refractivity contribution is -0.250. The van der Waals surface area contributed by atoms with Gasteiger partial charge in [-0.25, -0.2) is 5.06 Å². The van der Waals surface area contributed by atoms with Gasteiger partial charge in [-0.3, -0.25) is 19.6 Å². The van der Waals surface area contributed by atoms with Crippen LogP contribution in [0.4, 0.5) is 0 Å². The molecule has 3 N–H and O–H groups in total. The highest BCUT2D eigenvalue weighted by atomic mass is 17.2. The van der Waals surface area contributed by atoms with Gasteiger partial charge in [-0.1, -0.05) is 38.3 Å². The Kier molecular flexibility index (Phi) is 9.95. The van der Waals surface area contributed by atoms with E-state index in [0.29, 0.717) is 11.5 Å². The molecule has 1 aliphatic rings. The highest BCUT2D eigenvalue weighted by Gasteiger charge is 2.21. The van der Waals surface area contributed by atoms with Crippen molar-refractivity contribution in [1.29, 1.82) is 0 Å². The van der Waals surface area contributed by atoms with E-state index in [1.807, 2.05) is 6.92 Å². The Morgan fingerprint density at radius 2 is 2.20 bits per heavy atom. The van der Waals surface area contributed by atoms with Gasteiger partial charge in [-0.15, -0.1) is 0 Å². The number of amides is 3. The summed E-state index contributed by atoms with van der Waals surface area (Å²) in [7, 11) is 0. The van der Waals surface area contributed by atoms with Gasteiger partial charge in [0.15, 0.2) is 0 Å². The Labute approximate surface area is 146 Å². The number of allylic oxidation sites excluding steroid dienone is 2. The topological polar surface area (TPSA) is 117 Å². The van der Waals surface area contributed by atoms with Crippen molar-refractivity contribution in [2.45, 2.75) is 32.6 Å². The minimum absolute atomic E-state index is 0.0232. The van der Waals surface area contributed by atoms with Crippen LogP contribution in [0.2, 0.25) is 0 Å². The Morgan fingerprint density at radius 1 is 1.40 bits per heavy atom. The molecule has 0 fully saturated rings. The Hall–Kier alpha value is -2.39. The van der Waals surface area contributed by atoms with Crippen LogP contribution in [0.15, 0.2) is 24.0 Å². The Bertz CT molecular complexity index is 506. The molecule has 9 heteroatoms. The van der Waals surface area contributed by atoms with E-state index in [4.69, 9.17) is 9.78 Å². The first kappa shape index (κ1) is 20.7. The first-order chi connectivity index (χ1) is 12.1. The largest absolute Gasteiger partial charge is 0.338 e. The van der Waals surface area contributed by atoms with Gasteiger partial charge in [-0.2, -0.15) is 4.89 Å². The average Bonchev–Trinajstić information content (AvgIpc) is 2.90. The van der Waals surface area contributed by atoms with Crippen molar-refractivity contribution in [3.05, 3.63) is 24.0 Å². The number of hydrogen-bond donors (Lipinski definition) is 3. The third-order valence-corrected chi connectivity index (χ3v) is 3.49. The van der Waals surface area contributed by atoms with Crippen LogP contribution in [-0.4, -0.2) is 48.3 Å². The van der Waals surface area contributed by atoms with E-state index in [1.54, 1.807) is 12.2 Å². The predicted molar refractivity (Wildman–Crippen MR) is 87.6 cm³/mol. The summed E-state index contributed by atoms with van der Waals surface area (Å²) in [5.41, 5.74) is 0. The molecule has 3 amide bonds.